The Morgan fingerprint density at radius 1 is 0.868 bits per heavy atom. The van der Waals surface area contributed by atoms with Gasteiger partial charge in [0.15, 0.2) is 0 Å². The molecule has 2 N–H and O–H groups in total. The van der Waals surface area contributed by atoms with Crippen LogP contribution in [0.25, 0.3) is 10.8 Å². The summed E-state index contributed by atoms with van der Waals surface area (Å²) in [4.78, 5) is 16.9. The minimum absolute atomic E-state index is 0.162. The van der Waals surface area contributed by atoms with E-state index >= 15 is 0 Å². The van der Waals surface area contributed by atoms with E-state index in [1.807, 2.05) is 18.2 Å². The van der Waals surface area contributed by atoms with E-state index in [-0.39, 0.29) is 11.9 Å². The van der Waals surface area contributed by atoms with Gasteiger partial charge < -0.3 is 10.6 Å². The number of hydrogen-bond donors (Lipinski definition) is 2. The van der Waals surface area contributed by atoms with Gasteiger partial charge in [-0.25, -0.2) is 0 Å². The average Bonchev–Trinajstić information content (AvgIpc) is 3.23. The zero-order chi connectivity index (χ0) is 25.5. The lowest BCUT2D eigenvalue weighted by atomic mass is 9.58. The summed E-state index contributed by atoms with van der Waals surface area (Å²) in [5.74, 6) is 1.53. The van der Waals surface area contributed by atoms with Gasteiger partial charge >= 0.3 is 0 Å². The van der Waals surface area contributed by atoms with Crippen LogP contribution in [0.15, 0.2) is 103 Å². The van der Waals surface area contributed by atoms with Crippen molar-refractivity contribution >= 4 is 16.7 Å². The van der Waals surface area contributed by atoms with E-state index in [2.05, 4.69) is 100 Å². The largest absolute Gasteiger partial charge is 0.350 e. The molecule has 4 nitrogen and oxygen atoms in total. The maximum absolute atomic E-state index is 14.2. The van der Waals surface area contributed by atoms with Crippen molar-refractivity contribution in [1.29, 1.82) is 0 Å². The lowest BCUT2D eigenvalue weighted by Crippen LogP contribution is -2.76. The number of rotatable bonds is 7. The fourth-order valence-electron chi connectivity index (χ4n) is 7.82. The number of likely N-dealkylation sites (tertiary alicyclic amines) is 1. The predicted octanol–water partition coefficient (Wildman–Crippen LogP) is 5.18. The highest BCUT2D eigenvalue weighted by atomic mass is 16.2. The van der Waals surface area contributed by atoms with Gasteiger partial charge in [0.05, 0.1) is 0 Å². The van der Waals surface area contributed by atoms with E-state index in [4.69, 9.17) is 0 Å². The van der Waals surface area contributed by atoms with Gasteiger partial charge in [0.2, 0.25) is 5.91 Å². The summed E-state index contributed by atoms with van der Waals surface area (Å²) in [6.45, 7) is 3.32. The van der Waals surface area contributed by atoms with E-state index in [9.17, 15) is 4.79 Å². The number of hydrogen-bond acceptors (Lipinski definition) is 3. The minimum atomic E-state index is -0.548. The zero-order valence-corrected chi connectivity index (χ0v) is 21.7. The van der Waals surface area contributed by atoms with Gasteiger partial charge in [-0.3, -0.25) is 9.69 Å². The number of nitrogens with one attached hydrogen (secondary N) is 2. The van der Waals surface area contributed by atoms with E-state index in [0.29, 0.717) is 24.3 Å². The topological polar surface area (TPSA) is 44.4 Å². The van der Waals surface area contributed by atoms with E-state index in [1.165, 1.54) is 21.9 Å². The van der Waals surface area contributed by atoms with Crippen molar-refractivity contribution in [2.45, 2.75) is 37.5 Å². The Balaban J connectivity index is 1.24. The molecule has 4 fully saturated rings. The molecule has 4 aromatic carbocycles. The Bertz CT molecular complexity index is 1430. The van der Waals surface area contributed by atoms with Crippen LogP contribution < -0.4 is 10.6 Å². The zero-order valence-electron chi connectivity index (χ0n) is 21.7. The fourth-order valence-corrected chi connectivity index (χ4v) is 7.82. The molecule has 4 aromatic rings. The second-order valence-electron chi connectivity index (χ2n) is 11.5. The highest BCUT2D eigenvalue weighted by Gasteiger charge is 2.67. The van der Waals surface area contributed by atoms with Gasteiger partial charge in [-0.15, -0.1) is 0 Å². The lowest BCUT2D eigenvalue weighted by Gasteiger charge is -2.56. The van der Waals surface area contributed by atoms with Crippen LogP contribution in [-0.4, -0.2) is 35.5 Å². The molecule has 192 valence electrons. The fraction of sp³-hybridized carbons (Fsp3) is 0.324. The number of carbonyl (C=O) groups is 1. The minimum Gasteiger partial charge on any atom is -0.350 e. The molecular weight excluding hydrogens is 466 g/mol. The SMILES string of the molecule is O=C(NCc1ccccc1)[C@]12NC[C@H]3C[C@H]1CN(Cc1cccc4ccccc14)[C@H]2[C@@H]3Cc1ccccc1. The first-order valence-electron chi connectivity index (χ1n) is 14.0. The third kappa shape index (κ3) is 3.95. The maximum atomic E-state index is 14.2. The number of fused-ring (bicyclic) bond motifs is 2. The van der Waals surface area contributed by atoms with Gasteiger partial charge in [-0.2, -0.15) is 0 Å². The van der Waals surface area contributed by atoms with Crippen molar-refractivity contribution in [3.63, 3.8) is 0 Å². The van der Waals surface area contributed by atoms with Crippen molar-refractivity contribution in [2.75, 3.05) is 13.1 Å². The maximum Gasteiger partial charge on any atom is 0.242 e. The number of amides is 1. The Morgan fingerprint density at radius 3 is 2.39 bits per heavy atom. The molecule has 0 unspecified atom stereocenters. The van der Waals surface area contributed by atoms with E-state index in [1.54, 1.807) is 0 Å². The summed E-state index contributed by atoms with van der Waals surface area (Å²) in [5.41, 5.74) is 3.32. The van der Waals surface area contributed by atoms with Crippen LogP contribution in [0.1, 0.15) is 23.1 Å². The van der Waals surface area contributed by atoms with Crippen molar-refractivity contribution < 1.29 is 4.79 Å². The van der Waals surface area contributed by atoms with E-state index < -0.39 is 5.54 Å². The second-order valence-corrected chi connectivity index (χ2v) is 11.5. The molecule has 0 spiro atoms. The summed E-state index contributed by atoms with van der Waals surface area (Å²) < 4.78 is 0. The predicted molar refractivity (Wildman–Crippen MR) is 152 cm³/mol. The Hall–Kier alpha value is -3.47. The summed E-state index contributed by atoms with van der Waals surface area (Å²) in [6.07, 6.45) is 2.14. The molecule has 1 amide bonds. The van der Waals surface area contributed by atoms with Crippen LogP contribution in [0, 0.1) is 17.8 Å². The molecule has 5 atom stereocenters. The monoisotopic (exact) mass is 501 g/mol. The molecule has 4 bridgehead atoms. The van der Waals surface area contributed by atoms with Crippen LogP contribution in [0.5, 0.6) is 0 Å². The van der Waals surface area contributed by atoms with Crippen molar-refractivity contribution in [3.05, 3.63) is 120 Å². The number of piperidine rings is 2. The quantitative estimate of drug-likeness (QED) is 0.367. The molecule has 1 aliphatic carbocycles. The molecule has 3 saturated heterocycles. The summed E-state index contributed by atoms with van der Waals surface area (Å²) in [6, 6.07) is 36.6. The lowest BCUT2D eigenvalue weighted by molar-refractivity contribution is -0.138. The third-order valence-corrected chi connectivity index (χ3v) is 9.45. The van der Waals surface area contributed by atoms with Crippen LogP contribution >= 0.6 is 0 Å². The highest BCUT2D eigenvalue weighted by Crippen LogP contribution is 2.53. The first kappa shape index (κ1) is 23.6. The number of nitrogens with zero attached hydrogens (tertiary/aromatic N) is 1. The highest BCUT2D eigenvalue weighted by molar-refractivity contribution is 5.89. The van der Waals surface area contributed by atoms with Crippen molar-refractivity contribution in [2.24, 2.45) is 17.8 Å². The Labute approximate surface area is 225 Å². The van der Waals surface area contributed by atoms with Crippen molar-refractivity contribution in [3.8, 4) is 0 Å². The molecule has 0 radical (unpaired) electrons. The normalized spacial score (nSPS) is 28.0. The van der Waals surface area contributed by atoms with Crippen LogP contribution in [0.3, 0.4) is 0 Å². The van der Waals surface area contributed by atoms with Crippen LogP contribution in [0.2, 0.25) is 0 Å². The van der Waals surface area contributed by atoms with Gasteiger partial charge in [0, 0.05) is 31.6 Å². The molecule has 38 heavy (non-hydrogen) atoms. The molecule has 8 rings (SSSR count). The molecule has 4 aliphatic rings. The van der Waals surface area contributed by atoms with Gasteiger partial charge in [-0.1, -0.05) is 103 Å². The summed E-state index contributed by atoms with van der Waals surface area (Å²) in [7, 11) is 0. The molecular formula is C34H35N3O. The first-order chi connectivity index (χ1) is 18.7. The van der Waals surface area contributed by atoms with Gasteiger partial charge in [0.25, 0.3) is 0 Å². The Kier molecular flexibility index (Phi) is 6.02. The smallest absolute Gasteiger partial charge is 0.242 e. The third-order valence-electron chi connectivity index (χ3n) is 9.45. The summed E-state index contributed by atoms with van der Waals surface area (Å²) in [5, 5.41) is 9.80. The Morgan fingerprint density at radius 2 is 1.58 bits per heavy atom. The van der Waals surface area contributed by atoms with Crippen molar-refractivity contribution in [1.82, 2.24) is 15.5 Å². The van der Waals surface area contributed by atoms with Gasteiger partial charge in [0.1, 0.15) is 5.54 Å². The van der Waals surface area contributed by atoms with Crippen LogP contribution in [0.4, 0.5) is 0 Å². The average molecular weight is 502 g/mol. The summed E-state index contributed by atoms with van der Waals surface area (Å²) >= 11 is 0. The van der Waals surface area contributed by atoms with Gasteiger partial charge in [-0.05, 0) is 58.7 Å². The standard InChI is InChI=1S/C34H35N3O/c38-33(35-20-25-12-5-2-6-13-25)34-29-19-28(21-36-34)31(18-24-10-3-1-4-11-24)32(34)37(23-29)22-27-16-9-15-26-14-7-8-17-30(26)27/h1-17,28-29,31-32,36H,18-23H2,(H,35,38)/t28-,29+,31-,32+,34+/m1/s1. The van der Waals surface area contributed by atoms with Crippen LogP contribution in [-0.2, 0) is 24.3 Å². The molecule has 4 heteroatoms. The molecule has 3 aliphatic heterocycles. The first-order valence-corrected chi connectivity index (χ1v) is 14.0. The second kappa shape index (κ2) is 9.68. The molecule has 0 aromatic heterocycles. The number of benzene rings is 4. The van der Waals surface area contributed by atoms with E-state index in [0.717, 1.165) is 38.0 Å². The molecule has 3 heterocycles. The number of carbonyl (C=O) groups excluding carboxylic acids is 1. The molecule has 1 saturated carbocycles.